The van der Waals surface area contributed by atoms with E-state index in [4.69, 9.17) is 16.3 Å². The summed E-state index contributed by atoms with van der Waals surface area (Å²) >= 11 is 6.09. The number of benzene rings is 1. The second-order valence-electron chi connectivity index (χ2n) is 5.72. The topological polar surface area (TPSA) is 44.3 Å². The van der Waals surface area contributed by atoms with E-state index >= 15 is 0 Å². The van der Waals surface area contributed by atoms with Gasteiger partial charge in [0.15, 0.2) is 5.65 Å². The summed E-state index contributed by atoms with van der Waals surface area (Å²) in [4.78, 5) is 4.39. The minimum atomic E-state index is 0.585. The number of nitrogens with zero attached hydrogens (tertiary/aromatic N) is 4. The molecule has 5 nitrogen and oxygen atoms in total. The first kappa shape index (κ1) is 15.7. The molecule has 0 unspecified atom stereocenters. The fourth-order valence-electron chi connectivity index (χ4n) is 2.72. The molecule has 0 aliphatic heterocycles. The zero-order valence-corrected chi connectivity index (χ0v) is 14.3. The molecule has 0 atom stereocenters. The summed E-state index contributed by atoms with van der Waals surface area (Å²) in [6.45, 7) is 1.53. The van der Waals surface area contributed by atoms with Crippen LogP contribution >= 0.6 is 11.6 Å². The molecule has 6 heteroatoms. The lowest BCUT2D eigenvalue weighted by molar-refractivity contribution is 0.287. The lowest BCUT2D eigenvalue weighted by atomic mass is 10.2. The Bertz CT molecular complexity index is 978. The van der Waals surface area contributed by atoms with Crippen LogP contribution in [0.1, 0.15) is 6.42 Å². The van der Waals surface area contributed by atoms with Gasteiger partial charge in [0.1, 0.15) is 0 Å². The highest BCUT2D eigenvalue weighted by Gasteiger charge is 2.09. The number of halogens is 1. The molecule has 3 aromatic heterocycles. The average molecular weight is 353 g/mol. The largest absolute Gasteiger partial charge is 0.477 e. The molecule has 0 N–H and O–H groups in total. The van der Waals surface area contributed by atoms with Crippen molar-refractivity contribution in [1.82, 2.24) is 19.2 Å². The standard InChI is InChI=1S/C19H17ClN4O/c20-16-6-3-5-15(13-16)17-14-21-18-7-8-19(22-24(17)18)25-12-4-11-23-9-1-2-10-23/h1-3,5-10,13-14H,4,11-12H2. The van der Waals surface area contributed by atoms with Gasteiger partial charge in [0.25, 0.3) is 0 Å². The first-order valence-corrected chi connectivity index (χ1v) is 8.52. The van der Waals surface area contributed by atoms with Gasteiger partial charge < -0.3 is 9.30 Å². The number of aryl methyl sites for hydroxylation is 1. The number of imidazole rings is 1. The van der Waals surface area contributed by atoms with Gasteiger partial charge in [-0.25, -0.2) is 9.50 Å². The van der Waals surface area contributed by atoms with Crippen molar-refractivity contribution in [3.8, 4) is 17.1 Å². The smallest absolute Gasteiger partial charge is 0.231 e. The van der Waals surface area contributed by atoms with Gasteiger partial charge in [-0.1, -0.05) is 23.7 Å². The van der Waals surface area contributed by atoms with E-state index in [-0.39, 0.29) is 0 Å². The summed E-state index contributed by atoms with van der Waals surface area (Å²) in [5.41, 5.74) is 2.63. The van der Waals surface area contributed by atoms with Crippen LogP contribution in [0.3, 0.4) is 0 Å². The van der Waals surface area contributed by atoms with Crippen molar-refractivity contribution >= 4 is 17.2 Å². The third-order valence-electron chi connectivity index (χ3n) is 3.94. The lowest BCUT2D eigenvalue weighted by Gasteiger charge is -2.07. The van der Waals surface area contributed by atoms with Gasteiger partial charge >= 0.3 is 0 Å². The molecule has 0 saturated heterocycles. The Morgan fingerprint density at radius 1 is 1.04 bits per heavy atom. The van der Waals surface area contributed by atoms with E-state index in [0.29, 0.717) is 17.5 Å². The average Bonchev–Trinajstić information content (AvgIpc) is 3.28. The summed E-state index contributed by atoms with van der Waals surface area (Å²) in [7, 11) is 0. The van der Waals surface area contributed by atoms with Crippen LogP contribution < -0.4 is 4.74 Å². The molecule has 3 heterocycles. The van der Waals surface area contributed by atoms with Crippen LogP contribution in [-0.2, 0) is 6.54 Å². The number of hydrogen-bond donors (Lipinski definition) is 0. The normalized spacial score (nSPS) is 11.1. The van der Waals surface area contributed by atoms with Gasteiger partial charge in [-0.3, -0.25) is 0 Å². The highest BCUT2D eigenvalue weighted by atomic mass is 35.5. The molecule has 126 valence electrons. The second kappa shape index (κ2) is 6.99. The van der Waals surface area contributed by atoms with E-state index in [1.807, 2.05) is 60.9 Å². The quantitative estimate of drug-likeness (QED) is 0.485. The van der Waals surface area contributed by atoms with Crippen molar-refractivity contribution in [1.29, 1.82) is 0 Å². The van der Waals surface area contributed by atoms with Crippen molar-refractivity contribution in [3.63, 3.8) is 0 Å². The molecule has 0 aliphatic carbocycles. The molecule has 0 radical (unpaired) electrons. The van der Waals surface area contributed by atoms with Crippen molar-refractivity contribution in [2.75, 3.05) is 6.61 Å². The van der Waals surface area contributed by atoms with Crippen molar-refractivity contribution in [3.05, 3.63) is 72.1 Å². The highest BCUT2D eigenvalue weighted by Crippen LogP contribution is 2.24. The molecule has 0 amide bonds. The third kappa shape index (κ3) is 3.51. The monoisotopic (exact) mass is 352 g/mol. The fourth-order valence-corrected chi connectivity index (χ4v) is 2.91. The molecule has 4 rings (SSSR count). The van der Waals surface area contributed by atoms with Gasteiger partial charge in [0.2, 0.25) is 5.88 Å². The lowest BCUT2D eigenvalue weighted by Crippen LogP contribution is -2.05. The van der Waals surface area contributed by atoms with E-state index in [1.54, 1.807) is 10.7 Å². The number of aromatic nitrogens is 4. The molecular weight excluding hydrogens is 336 g/mol. The van der Waals surface area contributed by atoms with Crippen LogP contribution in [0.4, 0.5) is 0 Å². The highest BCUT2D eigenvalue weighted by molar-refractivity contribution is 6.30. The third-order valence-corrected chi connectivity index (χ3v) is 4.17. The van der Waals surface area contributed by atoms with E-state index in [1.165, 1.54) is 0 Å². The summed E-state index contributed by atoms with van der Waals surface area (Å²) in [5, 5.41) is 5.24. The van der Waals surface area contributed by atoms with E-state index < -0.39 is 0 Å². The van der Waals surface area contributed by atoms with Crippen molar-refractivity contribution in [2.24, 2.45) is 0 Å². The molecule has 0 aliphatic rings. The molecule has 0 spiro atoms. The van der Waals surface area contributed by atoms with Crippen molar-refractivity contribution in [2.45, 2.75) is 13.0 Å². The summed E-state index contributed by atoms with van der Waals surface area (Å²) in [5.74, 6) is 0.585. The second-order valence-corrected chi connectivity index (χ2v) is 6.15. The van der Waals surface area contributed by atoms with Gasteiger partial charge in [-0.15, -0.1) is 5.10 Å². The Balaban J connectivity index is 1.50. The minimum Gasteiger partial charge on any atom is -0.477 e. The van der Waals surface area contributed by atoms with Crippen LogP contribution in [0.25, 0.3) is 16.9 Å². The predicted molar refractivity (Wildman–Crippen MR) is 98.0 cm³/mol. The molecule has 0 fully saturated rings. The number of ether oxygens (including phenoxy) is 1. The maximum Gasteiger partial charge on any atom is 0.231 e. The summed E-state index contributed by atoms with van der Waals surface area (Å²) in [6.07, 6.45) is 6.81. The zero-order chi connectivity index (χ0) is 17.1. The number of fused-ring (bicyclic) bond motifs is 1. The van der Waals surface area contributed by atoms with Gasteiger partial charge in [0.05, 0.1) is 18.5 Å². The molecule has 1 aromatic carbocycles. The maximum atomic E-state index is 6.09. The van der Waals surface area contributed by atoms with Gasteiger partial charge in [-0.05, 0) is 36.8 Å². The Kier molecular flexibility index (Phi) is 4.39. The van der Waals surface area contributed by atoms with Gasteiger partial charge in [0, 0.05) is 35.6 Å². The molecule has 0 saturated carbocycles. The molecule has 25 heavy (non-hydrogen) atoms. The minimum absolute atomic E-state index is 0.585. The van der Waals surface area contributed by atoms with E-state index in [9.17, 15) is 0 Å². The van der Waals surface area contributed by atoms with Crippen LogP contribution in [0.15, 0.2) is 67.1 Å². The predicted octanol–water partition coefficient (Wildman–Crippen LogP) is 4.32. The van der Waals surface area contributed by atoms with E-state index in [0.717, 1.165) is 29.9 Å². The van der Waals surface area contributed by atoms with Crippen LogP contribution in [-0.4, -0.2) is 25.8 Å². The summed E-state index contributed by atoms with van der Waals surface area (Å²) < 4.78 is 9.71. The number of hydrogen-bond acceptors (Lipinski definition) is 3. The Morgan fingerprint density at radius 3 is 2.76 bits per heavy atom. The van der Waals surface area contributed by atoms with Crippen LogP contribution in [0.2, 0.25) is 5.02 Å². The van der Waals surface area contributed by atoms with Crippen LogP contribution in [0, 0.1) is 0 Å². The molecular formula is C19H17ClN4O. The Hall–Kier alpha value is -2.79. The molecule has 0 bridgehead atoms. The van der Waals surface area contributed by atoms with Crippen LogP contribution in [0.5, 0.6) is 5.88 Å². The Labute approximate surface area is 150 Å². The first-order valence-electron chi connectivity index (χ1n) is 8.14. The first-order chi connectivity index (χ1) is 12.3. The SMILES string of the molecule is Clc1cccc(-c2cnc3ccc(OCCCn4cccc4)nn23)c1. The Morgan fingerprint density at radius 2 is 1.92 bits per heavy atom. The number of rotatable bonds is 6. The fraction of sp³-hybridized carbons (Fsp3) is 0.158. The van der Waals surface area contributed by atoms with E-state index in [2.05, 4.69) is 14.6 Å². The van der Waals surface area contributed by atoms with Crippen molar-refractivity contribution < 1.29 is 4.74 Å². The van der Waals surface area contributed by atoms with Gasteiger partial charge in [-0.2, -0.15) is 0 Å². The molecule has 4 aromatic rings. The summed E-state index contributed by atoms with van der Waals surface area (Å²) in [6, 6.07) is 15.4. The maximum absolute atomic E-state index is 6.09. The zero-order valence-electron chi connectivity index (χ0n) is 13.5.